The Hall–Kier alpha value is -1.84. The van der Waals surface area contributed by atoms with E-state index >= 15 is 0 Å². The minimum Gasteiger partial charge on any atom is -0.339 e. The average Bonchev–Trinajstić information content (AvgIpc) is 2.44. The molecule has 1 N–H and O–H groups in total. The minimum atomic E-state index is -0.465. The van der Waals surface area contributed by atoms with Gasteiger partial charge in [0, 0.05) is 29.8 Å². The summed E-state index contributed by atoms with van der Waals surface area (Å²) in [5, 5.41) is 2.85. The van der Waals surface area contributed by atoms with E-state index < -0.39 is 5.41 Å². The van der Waals surface area contributed by atoms with Crippen molar-refractivity contribution >= 4 is 17.5 Å². The van der Waals surface area contributed by atoms with Crippen molar-refractivity contribution in [2.75, 3.05) is 12.4 Å². The van der Waals surface area contributed by atoms with Crippen LogP contribution in [-0.2, 0) is 4.79 Å². The van der Waals surface area contributed by atoms with Gasteiger partial charge in [0.05, 0.1) is 0 Å². The molecule has 4 nitrogen and oxygen atoms in total. The number of anilines is 1. The summed E-state index contributed by atoms with van der Waals surface area (Å²) in [5.41, 5.74) is 0.774. The number of nitrogens with one attached hydrogen (secondary N) is 1. The van der Waals surface area contributed by atoms with Gasteiger partial charge in [0.2, 0.25) is 5.91 Å². The summed E-state index contributed by atoms with van der Waals surface area (Å²) >= 11 is 0. The summed E-state index contributed by atoms with van der Waals surface area (Å²) in [6, 6.07) is 7.27. The molecule has 0 aliphatic rings. The molecule has 0 aromatic heterocycles. The predicted octanol–water partition coefficient (Wildman–Crippen LogP) is 3.54. The second kappa shape index (κ2) is 6.74. The minimum absolute atomic E-state index is 0.0313. The van der Waals surface area contributed by atoms with Crippen LogP contribution in [0.15, 0.2) is 24.3 Å². The Morgan fingerprint density at radius 1 is 1.29 bits per heavy atom. The summed E-state index contributed by atoms with van der Waals surface area (Å²) < 4.78 is 0. The topological polar surface area (TPSA) is 49.4 Å². The third-order valence-electron chi connectivity index (χ3n) is 3.62. The van der Waals surface area contributed by atoms with Gasteiger partial charge in [-0.05, 0) is 31.5 Å². The van der Waals surface area contributed by atoms with Gasteiger partial charge in [-0.3, -0.25) is 9.59 Å². The molecular formula is C17H26N2O2. The molecule has 0 bridgehead atoms. The van der Waals surface area contributed by atoms with Gasteiger partial charge >= 0.3 is 0 Å². The van der Waals surface area contributed by atoms with Crippen LogP contribution in [0.4, 0.5) is 5.69 Å². The normalized spacial score (nSPS) is 12.7. The van der Waals surface area contributed by atoms with E-state index in [2.05, 4.69) is 12.2 Å². The molecule has 0 saturated carbocycles. The van der Waals surface area contributed by atoms with Crippen molar-refractivity contribution in [3.8, 4) is 0 Å². The first kappa shape index (κ1) is 17.2. The summed E-state index contributed by atoms with van der Waals surface area (Å²) in [4.78, 5) is 26.1. The molecule has 0 fully saturated rings. The molecule has 0 aliphatic heterocycles. The molecule has 1 aromatic rings. The lowest BCUT2D eigenvalue weighted by Crippen LogP contribution is -2.34. The molecule has 1 aromatic carbocycles. The SMILES string of the molecule is CCC(C)N(C)C(=O)c1cccc(NC(=O)C(C)(C)C)c1. The molecule has 1 unspecified atom stereocenters. The Morgan fingerprint density at radius 3 is 2.43 bits per heavy atom. The number of benzene rings is 1. The number of carbonyl (C=O) groups excluding carboxylic acids is 2. The molecule has 1 atom stereocenters. The van der Waals surface area contributed by atoms with Crippen LogP contribution in [0.1, 0.15) is 51.4 Å². The molecule has 0 saturated heterocycles. The second-order valence-corrected chi connectivity index (χ2v) is 6.46. The van der Waals surface area contributed by atoms with Crippen LogP contribution in [0.25, 0.3) is 0 Å². The fraction of sp³-hybridized carbons (Fsp3) is 0.529. The van der Waals surface area contributed by atoms with Crippen molar-refractivity contribution in [2.24, 2.45) is 5.41 Å². The van der Waals surface area contributed by atoms with Gasteiger partial charge in [0.1, 0.15) is 0 Å². The molecule has 2 amide bonds. The van der Waals surface area contributed by atoms with E-state index in [4.69, 9.17) is 0 Å². The highest BCUT2D eigenvalue weighted by atomic mass is 16.2. The quantitative estimate of drug-likeness (QED) is 0.922. The Balaban J connectivity index is 2.91. The van der Waals surface area contributed by atoms with Crippen molar-refractivity contribution in [3.63, 3.8) is 0 Å². The Morgan fingerprint density at radius 2 is 1.90 bits per heavy atom. The molecule has 1 rings (SSSR count). The fourth-order valence-electron chi connectivity index (χ4n) is 1.73. The zero-order valence-electron chi connectivity index (χ0n) is 13.9. The van der Waals surface area contributed by atoms with E-state index in [-0.39, 0.29) is 17.9 Å². The Kier molecular flexibility index (Phi) is 5.53. The van der Waals surface area contributed by atoms with Crippen molar-refractivity contribution in [3.05, 3.63) is 29.8 Å². The largest absolute Gasteiger partial charge is 0.339 e. The highest BCUT2D eigenvalue weighted by molar-refractivity contribution is 5.98. The molecule has 21 heavy (non-hydrogen) atoms. The Labute approximate surface area is 127 Å². The second-order valence-electron chi connectivity index (χ2n) is 6.46. The van der Waals surface area contributed by atoms with E-state index in [1.54, 1.807) is 36.2 Å². The van der Waals surface area contributed by atoms with E-state index in [0.29, 0.717) is 11.3 Å². The van der Waals surface area contributed by atoms with Gasteiger partial charge < -0.3 is 10.2 Å². The zero-order chi connectivity index (χ0) is 16.2. The first-order chi connectivity index (χ1) is 9.66. The van der Waals surface area contributed by atoms with Crippen molar-refractivity contribution in [1.82, 2.24) is 4.90 Å². The maximum Gasteiger partial charge on any atom is 0.253 e. The summed E-state index contributed by atoms with van der Waals surface area (Å²) in [5.74, 6) is -0.0985. The lowest BCUT2D eigenvalue weighted by Gasteiger charge is -2.24. The van der Waals surface area contributed by atoms with E-state index in [0.717, 1.165) is 6.42 Å². The average molecular weight is 290 g/mol. The number of nitrogens with zero attached hydrogens (tertiary/aromatic N) is 1. The van der Waals surface area contributed by atoms with Crippen LogP contribution in [0.2, 0.25) is 0 Å². The first-order valence-electron chi connectivity index (χ1n) is 7.35. The smallest absolute Gasteiger partial charge is 0.253 e. The van der Waals surface area contributed by atoms with E-state index in [1.165, 1.54) is 0 Å². The van der Waals surface area contributed by atoms with E-state index in [1.807, 2.05) is 27.7 Å². The Bertz CT molecular complexity index is 518. The van der Waals surface area contributed by atoms with Crippen molar-refractivity contribution in [2.45, 2.75) is 47.1 Å². The standard InChI is InChI=1S/C17H26N2O2/c1-7-12(2)19(6)15(20)13-9-8-10-14(11-13)18-16(21)17(3,4)5/h8-12H,7H2,1-6H3,(H,18,21). The predicted molar refractivity (Wildman–Crippen MR) is 86.4 cm³/mol. The van der Waals surface area contributed by atoms with Gasteiger partial charge in [0.25, 0.3) is 5.91 Å². The van der Waals surface area contributed by atoms with Crippen LogP contribution in [0, 0.1) is 5.41 Å². The van der Waals surface area contributed by atoms with Gasteiger partial charge in [-0.2, -0.15) is 0 Å². The van der Waals surface area contributed by atoms with Crippen molar-refractivity contribution < 1.29 is 9.59 Å². The van der Waals surface area contributed by atoms with Gasteiger partial charge in [0.15, 0.2) is 0 Å². The van der Waals surface area contributed by atoms with Crippen LogP contribution in [-0.4, -0.2) is 29.8 Å². The van der Waals surface area contributed by atoms with Gasteiger partial charge in [-0.1, -0.05) is 33.8 Å². The lowest BCUT2D eigenvalue weighted by molar-refractivity contribution is -0.123. The molecule has 0 spiro atoms. The van der Waals surface area contributed by atoms with E-state index in [9.17, 15) is 9.59 Å². The van der Waals surface area contributed by atoms with Crippen LogP contribution in [0.3, 0.4) is 0 Å². The summed E-state index contributed by atoms with van der Waals surface area (Å²) in [6.07, 6.45) is 0.905. The molecule has 0 aliphatic carbocycles. The first-order valence-corrected chi connectivity index (χ1v) is 7.35. The number of carbonyl (C=O) groups is 2. The monoisotopic (exact) mass is 290 g/mol. The van der Waals surface area contributed by atoms with Crippen LogP contribution >= 0.6 is 0 Å². The summed E-state index contributed by atoms with van der Waals surface area (Å²) in [7, 11) is 1.80. The van der Waals surface area contributed by atoms with Crippen LogP contribution < -0.4 is 5.32 Å². The third-order valence-corrected chi connectivity index (χ3v) is 3.62. The maximum atomic E-state index is 12.4. The zero-order valence-corrected chi connectivity index (χ0v) is 13.9. The highest BCUT2D eigenvalue weighted by Crippen LogP contribution is 2.19. The van der Waals surface area contributed by atoms with Gasteiger partial charge in [-0.15, -0.1) is 0 Å². The van der Waals surface area contributed by atoms with Crippen LogP contribution in [0.5, 0.6) is 0 Å². The fourth-order valence-corrected chi connectivity index (χ4v) is 1.73. The third kappa shape index (κ3) is 4.59. The van der Waals surface area contributed by atoms with Crippen molar-refractivity contribution in [1.29, 1.82) is 0 Å². The molecule has 116 valence electrons. The molecule has 4 heteroatoms. The molecule has 0 heterocycles. The maximum absolute atomic E-state index is 12.4. The molecule has 0 radical (unpaired) electrons. The highest BCUT2D eigenvalue weighted by Gasteiger charge is 2.22. The number of hydrogen-bond donors (Lipinski definition) is 1. The van der Waals surface area contributed by atoms with Gasteiger partial charge in [-0.25, -0.2) is 0 Å². The number of rotatable bonds is 4. The number of amides is 2. The number of hydrogen-bond acceptors (Lipinski definition) is 2. The molecular weight excluding hydrogens is 264 g/mol. The lowest BCUT2D eigenvalue weighted by atomic mass is 9.95. The summed E-state index contributed by atoms with van der Waals surface area (Å²) in [6.45, 7) is 9.63.